The molecule has 0 aliphatic carbocycles. The van der Waals surface area contributed by atoms with Gasteiger partial charge >= 0.3 is 6.03 Å². The molecule has 0 fully saturated rings. The Bertz CT molecular complexity index is 1260. The number of nitrogens with zero attached hydrogens (tertiary/aromatic N) is 2. The largest absolute Gasteiger partial charge is 0.491 e. The number of benzene rings is 2. The van der Waals surface area contributed by atoms with Crippen LogP contribution in [0.5, 0.6) is 5.75 Å². The van der Waals surface area contributed by atoms with Crippen LogP contribution in [0.3, 0.4) is 0 Å². The van der Waals surface area contributed by atoms with Crippen molar-refractivity contribution in [2.24, 2.45) is 0 Å². The zero-order valence-corrected chi connectivity index (χ0v) is 22.1. The maximum absolute atomic E-state index is 13.6. The van der Waals surface area contributed by atoms with Gasteiger partial charge in [-0.3, -0.25) is 4.79 Å². The molecule has 36 heavy (non-hydrogen) atoms. The molecule has 1 aliphatic heterocycles. The number of hydrogen-bond acceptors (Lipinski definition) is 4. The highest BCUT2D eigenvalue weighted by atomic mass is 35.5. The number of urea groups is 1. The van der Waals surface area contributed by atoms with Crippen LogP contribution in [0.15, 0.2) is 66.6 Å². The Balaban J connectivity index is 1.49. The van der Waals surface area contributed by atoms with Crippen LogP contribution in [0, 0.1) is 13.8 Å². The van der Waals surface area contributed by atoms with Gasteiger partial charge in [-0.2, -0.15) is 0 Å². The lowest BCUT2D eigenvalue weighted by atomic mass is 10.0. The van der Waals surface area contributed by atoms with Crippen LogP contribution < -0.4 is 10.1 Å². The van der Waals surface area contributed by atoms with Crippen molar-refractivity contribution in [3.63, 3.8) is 0 Å². The van der Waals surface area contributed by atoms with Crippen molar-refractivity contribution in [3.8, 4) is 5.75 Å². The van der Waals surface area contributed by atoms with Crippen molar-refractivity contribution >= 4 is 40.6 Å². The van der Waals surface area contributed by atoms with Gasteiger partial charge in [0, 0.05) is 28.7 Å². The molecule has 3 aromatic rings. The van der Waals surface area contributed by atoms with Crippen LogP contribution in [0.2, 0.25) is 5.02 Å². The molecule has 4 rings (SSSR count). The van der Waals surface area contributed by atoms with Crippen molar-refractivity contribution in [1.82, 2.24) is 9.80 Å². The highest BCUT2D eigenvalue weighted by Gasteiger charge is 2.33. The fourth-order valence-electron chi connectivity index (χ4n) is 4.40. The van der Waals surface area contributed by atoms with Gasteiger partial charge in [-0.1, -0.05) is 41.4 Å². The van der Waals surface area contributed by atoms with Crippen LogP contribution >= 0.6 is 22.9 Å². The molecule has 2 aromatic carbocycles. The third-order valence-corrected chi connectivity index (χ3v) is 7.41. The summed E-state index contributed by atoms with van der Waals surface area (Å²) in [5.41, 5.74) is 3.91. The Morgan fingerprint density at radius 2 is 2.08 bits per heavy atom. The zero-order valence-electron chi connectivity index (χ0n) is 20.5. The summed E-state index contributed by atoms with van der Waals surface area (Å²) in [6.07, 6.45) is 2.40. The number of ether oxygens (including phenoxy) is 1. The molecule has 8 heteroatoms. The third kappa shape index (κ3) is 6.09. The number of carbonyl (C=O) groups excluding carboxylic acids is 2. The van der Waals surface area contributed by atoms with Crippen molar-refractivity contribution in [3.05, 3.63) is 93.2 Å². The van der Waals surface area contributed by atoms with E-state index >= 15 is 0 Å². The second-order valence-electron chi connectivity index (χ2n) is 8.84. The number of anilines is 1. The molecule has 1 atom stereocenters. The fourth-order valence-corrected chi connectivity index (χ4v) is 5.52. The second kappa shape index (κ2) is 11.6. The number of aryl methyl sites for hydroxylation is 2. The minimum atomic E-state index is -0.387. The van der Waals surface area contributed by atoms with Gasteiger partial charge in [0.25, 0.3) is 0 Å². The van der Waals surface area contributed by atoms with E-state index in [-0.39, 0.29) is 31.1 Å². The summed E-state index contributed by atoms with van der Waals surface area (Å²) in [5.74, 6) is 0.675. The Kier molecular flexibility index (Phi) is 8.33. The fraction of sp³-hybridized carbons (Fsp3) is 0.286. The standard InChI is InChI=1S/C28H30ClN3O3S/c1-4-12-31(28(34)30-22-7-5-6-21(29)16-22)17-27(33)32-13-10-26-23(11-14-36-26)24(32)18-35-25-9-8-19(2)15-20(25)3/h4-9,11,14-16,24H,1,10,12-13,17-18H2,2-3H3,(H,30,34)/t24-/m0/s1. The van der Waals surface area contributed by atoms with E-state index in [0.29, 0.717) is 23.9 Å². The van der Waals surface area contributed by atoms with Crippen LogP contribution in [0.25, 0.3) is 0 Å². The first kappa shape index (κ1) is 25.8. The summed E-state index contributed by atoms with van der Waals surface area (Å²) in [6.45, 7) is 8.90. The molecule has 0 bridgehead atoms. The van der Waals surface area contributed by atoms with Gasteiger partial charge in [-0.05, 0) is 67.1 Å². The monoisotopic (exact) mass is 523 g/mol. The molecular weight excluding hydrogens is 494 g/mol. The number of hydrogen-bond donors (Lipinski definition) is 1. The van der Waals surface area contributed by atoms with E-state index in [9.17, 15) is 9.59 Å². The lowest BCUT2D eigenvalue weighted by Crippen LogP contribution is -2.48. The van der Waals surface area contributed by atoms with Crippen molar-refractivity contribution < 1.29 is 14.3 Å². The summed E-state index contributed by atoms with van der Waals surface area (Å²) in [6, 6.07) is 14.4. The Labute approximate surface area is 221 Å². The quantitative estimate of drug-likeness (QED) is 0.355. The summed E-state index contributed by atoms with van der Waals surface area (Å²) in [7, 11) is 0. The van der Waals surface area contributed by atoms with E-state index in [1.165, 1.54) is 15.3 Å². The highest BCUT2D eigenvalue weighted by Crippen LogP contribution is 2.34. The first-order valence-electron chi connectivity index (χ1n) is 11.8. The third-order valence-electron chi connectivity index (χ3n) is 6.18. The first-order valence-corrected chi connectivity index (χ1v) is 13.1. The molecule has 0 saturated heterocycles. The SMILES string of the molecule is C=CCN(CC(=O)N1CCc2sccc2[C@@H]1COc1ccc(C)cc1C)C(=O)Nc1cccc(Cl)c1. The Morgan fingerprint density at radius 3 is 2.83 bits per heavy atom. The number of halogens is 1. The van der Waals surface area contributed by atoms with Gasteiger partial charge in [0.1, 0.15) is 18.9 Å². The van der Waals surface area contributed by atoms with E-state index in [4.69, 9.17) is 16.3 Å². The van der Waals surface area contributed by atoms with Crippen molar-refractivity contribution in [1.29, 1.82) is 0 Å². The number of fused-ring (bicyclic) bond motifs is 1. The van der Waals surface area contributed by atoms with Crippen LogP contribution in [-0.4, -0.2) is 48.0 Å². The lowest BCUT2D eigenvalue weighted by molar-refractivity contribution is -0.135. The molecule has 3 amide bonds. The normalized spacial score (nSPS) is 14.6. The predicted octanol–water partition coefficient (Wildman–Crippen LogP) is 6.24. The molecule has 0 radical (unpaired) electrons. The maximum Gasteiger partial charge on any atom is 0.322 e. The molecule has 188 valence electrons. The Hall–Kier alpha value is -3.29. The minimum absolute atomic E-state index is 0.0715. The van der Waals surface area contributed by atoms with E-state index in [0.717, 1.165) is 23.3 Å². The smallest absolute Gasteiger partial charge is 0.322 e. The number of carbonyl (C=O) groups is 2. The number of rotatable bonds is 8. The van der Waals surface area contributed by atoms with Gasteiger partial charge in [0.05, 0.1) is 6.04 Å². The van der Waals surface area contributed by atoms with Crippen LogP contribution in [0.4, 0.5) is 10.5 Å². The molecule has 1 aliphatic rings. The van der Waals surface area contributed by atoms with E-state index in [1.807, 2.05) is 30.9 Å². The highest BCUT2D eigenvalue weighted by molar-refractivity contribution is 7.10. The van der Waals surface area contributed by atoms with Gasteiger partial charge in [0.2, 0.25) is 5.91 Å². The van der Waals surface area contributed by atoms with Crippen LogP contribution in [-0.2, 0) is 11.2 Å². The predicted molar refractivity (Wildman–Crippen MR) is 146 cm³/mol. The lowest BCUT2D eigenvalue weighted by Gasteiger charge is -2.37. The number of thiophene rings is 1. The average Bonchev–Trinajstić information content (AvgIpc) is 3.32. The van der Waals surface area contributed by atoms with Gasteiger partial charge < -0.3 is 19.9 Å². The summed E-state index contributed by atoms with van der Waals surface area (Å²) >= 11 is 7.75. The molecule has 1 aromatic heterocycles. The summed E-state index contributed by atoms with van der Waals surface area (Å²) < 4.78 is 6.22. The molecule has 0 unspecified atom stereocenters. The van der Waals surface area contributed by atoms with Crippen LogP contribution in [0.1, 0.15) is 27.6 Å². The zero-order chi connectivity index (χ0) is 25.7. The molecule has 1 N–H and O–H groups in total. The molecule has 2 heterocycles. The van der Waals surface area contributed by atoms with Crippen molar-refractivity contribution in [2.75, 3.05) is 31.6 Å². The number of amides is 3. The van der Waals surface area contributed by atoms with E-state index < -0.39 is 0 Å². The number of nitrogens with one attached hydrogen (secondary N) is 1. The molecule has 0 saturated carbocycles. The minimum Gasteiger partial charge on any atom is -0.491 e. The van der Waals surface area contributed by atoms with E-state index in [1.54, 1.807) is 41.7 Å². The average molecular weight is 524 g/mol. The topological polar surface area (TPSA) is 61.9 Å². The van der Waals surface area contributed by atoms with Crippen molar-refractivity contribution in [2.45, 2.75) is 26.3 Å². The van der Waals surface area contributed by atoms with Gasteiger partial charge in [-0.25, -0.2) is 4.79 Å². The summed E-state index contributed by atoms with van der Waals surface area (Å²) in [4.78, 5) is 31.1. The molecule has 6 nitrogen and oxygen atoms in total. The van der Waals surface area contributed by atoms with E-state index in [2.05, 4.69) is 29.4 Å². The van der Waals surface area contributed by atoms with Gasteiger partial charge in [0.15, 0.2) is 0 Å². The Morgan fingerprint density at radius 1 is 1.25 bits per heavy atom. The molecule has 0 spiro atoms. The molecular formula is C28H30ClN3O3S. The second-order valence-corrected chi connectivity index (χ2v) is 10.3. The first-order chi connectivity index (χ1) is 17.4. The maximum atomic E-state index is 13.6. The van der Waals surface area contributed by atoms with Gasteiger partial charge in [-0.15, -0.1) is 17.9 Å². The summed E-state index contributed by atoms with van der Waals surface area (Å²) in [5, 5.41) is 5.40.